The first kappa shape index (κ1) is 13.2. The summed E-state index contributed by atoms with van der Waals surface area (Å²) in [5, 5.41) is 0. The van der Waals surface area contributed by atoms with E-state index >= 15 is 0 Å². The number of nitrogens with one attached hydrogen (secondary N) is 1. The van der Waals surface area contributed by atoms with Gasteiger partial charge in [0.1, 0.15) is 5.75 Å². The molecule has 1 aromatic carbocycles. The molecule has 1 atom stereocenters. The minimum absolute atomic E-state index is 0.00244. The zero-order valence-electron chi connectivity index (χ0n) is 9.07. The van der Waals surface area contributed by atoms with Gasteiger partial charge in [-0.3, -0.25) is 10.2 Å². The molecule has 1 aromatic rings. The van der Waals surface area contributed by atoms with Crippen LogP contribution in [0.3, 0.4) is 0 Å². The molecule has 0 aliphatic heterocycles. The first-order chi connectivity index (χ1) is 7.61. The van der Waals surface area contributed by atoms with E-state index in [0.717, 1.165) is 5.75 Å². The molecule has 0 aliphatic carbocycles. The Morgan fingerprint density at radius 1 is 1.50 bits per heavy atom. The van der Waals surface area contributed by atoms with Crippen molar-refractivity contribution < 1.29 is 9.53 Å². The van der Waals surface area contributed by atoms with E-state index in [4.69, 9.17) is 10.6 Å². The van der Waals surface area contributed by atoms with Crippen molar-refractivity contribution in [2.75, 3.05) is 0 Å². The van der Waals surface area contributed by atoms with E-state index < -0.39 is 0 Å². The van der Waals surface area contributed by atoms with E-state index in [1.54, 1.807) is 0 Å². The lowest BCUT2D eigenvalue weighted by Gasteiger charge is -2.14. The lowest BCUT2D eigenvalue weighted by atomic mass is 10.2. The van der Waals surface area contributed by atoms with Crippen molar-refractivity contribution in [2.45, 2.75) is 25.9 Å². The summed E-state index contributed by atoms with van der Waals surface area (Å²) in [6.45, 7) is 1.93. The van der Waals surface area contributed by atoms with E-state index in [2.05, 4.69) is 28.0 Å². The van der Waals surface area contributed by atoms with Crippen LogP contribution in [0, 0.1) is 3.57 Å². The average Bonchev–Trinajstić information content (AvgIpc) is 2.29. The van der Waals surface area contributed by atoms with Crippen molar-refractivity contribution >= 4 is 28.5 Å². The lowest BCUT2D eigenvalue weighted by molar-refractivity contribution is -0.121. The van der Waals surface area contributed by atoms with Gasteiger partial charge < -0.3 is 4.74 Å². The van der Waals surface area contributed by atoms with Crippen molar-refractivity contribution in [3.8, 4) is 5.75 Å². The SMILES string of the molecule is CC(CCC(=O)NN)Oc1ccc(I)cc1. The van der Waals surface area contributed by atoms with Crippen molar-refractivity contribution in [1.82, 2.24) is 5.43 Å². The third kappa shape index (κ3) is 4.80. The van der Waals surface area contributed by atoms with E-state index in [1.807, 2.05) is 31.2 Å². The molecule has 0 radical (unpaired) electrons. The summed E-state index contributed by atoms with van der Waals surface area (Å²) in [4.78, 5) is 10.9. The van der Waals surface area contributed by atoms with Gasteiger partial charge in [-0.05, 0) is 60.2 Å². The van der Waals surface area contributed by atoms with E-state index in [0.29, 0.717) is 12.8 Å². The maximum Gasteiger partial charge on any atom is 0.234 e. The van der Waals surface area contributed by atoms with E-state index in [-0.39, 0.29) is 12.0 Å². The monoisotopic (exact) mass is 334 g/mol. The summed E-state index contributed by atoms with van der Waals surface area (Å²) < 4.78 is 6.81. The number of ether oxygens (including phenoxy) is 1. The molecular formula is C11H15IN2O2. The van der Waals surface area contributed by atoms with Crippen LogP contribution in [0.2, 0.25) is 0 Å². The number of halogens is 1. The van der Waals surface area contributed by atoms with Crippen molar-refractivity contribution in [1.29, 1.82) is 0 Å². The number of rotatable bonds is 5. The van der Waals surface area contributed by atoms with Gasteiger partial charge >= 0.3 is 0 Å². The Morgan fingerprint density at radius 2 is 2.12 bits per heavy atom. The van der Waals surface area contributed by atoms with Gasteiger partial charge in [0.2, 0.25) is 5.91 Å². The molecule has 0 bridgehead atoms. The van der Waals surface area contributed by atoms with Gasteiger partial charge in [-0.15, -0.1) is 0 Å². The summed E-state index contributed by atoms with van der Waals surface area (Å²) in [6.07, 6.45) is 1.02. The maximum atomic E-state index is 10.9. The summed E-state index contributed by atoms with van der Waals surface area (Å²) >= 11 is 2.24. The highest BCUT2D eigenvalue weighted by Crippen LogP contribution is 2.16. The van der Waals surface area contributed by atoms with Crippen LogP contribution in [0.15, 0.2) is 24.3 Å². The van der Waals surface area contributed by atoms with Crippen molar-refractivity contribution in [3.63, 3.8) is 0 Å². The number of hydrazine groups is 1. The second-order valence-corrected chi connectivity index (χ2v) is 4.73. The third-order valence-corrected chi connectivity index (χ3v) is 2.81. The Labute approximate surface area is 109 Å². The fourth-order valence-corrected chi connectivity index (χ4v) is 1.57. The number of hydrogen-bond donors (Lipinski definition) is 2. The molecule has 0 saturated heterocycles. The molecule has 4 nitrogen and oxygen atoms in total. The van der Waals surface area contributed by atoms with Gasteiger partial charge in [-0.25, -0.2) is 5.84 Å². The molecule has 0 aromatic heterocycles. The maximum absolute atomic E-state index is 10.9. The zero-order valence-corrected chi connectivity index (χ0v) is 11.2. The third-order valence-electron chi connectivity index (χ3n) is 2.09. The Balaban J connectivity index is 2.36. The molecule has 0 aliphatic rings. The summed E-state index contributed by atoms with van der Waals surface area (Å²) in [5.74, 6) is 5.64. The van der Waals surface area contributed by atoms with E-state index in [9.17, 15) is 4.79 Å². The van der Waals surface area contributed by atoms with Crippen LogP contribution in [0.4, 0.5) is 0 Å². The summed E-state index contributed by atoms with van der Waals surface area (Å²) in [7, 11) is 0. The molecular weight excluding hydrogens is 319 g/mol. The summed E-state index contributed by atoms with van der Waals surface area (Å²) in [6, 6.07) is 7.80. The quantitative estimate of drug-likeness (QED) is 0.374. The number of hydrogen-bond acceptors (Lipinski definition) is 3. The first-order valence-corrected chi connectivity index (χ1v) is 6.11. The largest absolute Gasteiger partial charge is 0.491 e. The van der Waals surface area contributed by atoms with Crippen LogP contribution >= 0.6 is 22.6 Å². The molecule has 0 fully saturated rings. The van der Waals surface area contributed by atoms with Gasteiger partial charge in [-0.1, -0.05) is 0 Å². The van der Waals surface area contributed by atoms with Gasteiger partial charge in [0, 0.05) is 9.99 Å². The summed E-state index contributed by atoms with van der Waals surface area (Å²) in [5.41, 5.74) is 2.10. The minimum atomic E-state index is -0.168. The highest BCUT2D eigenvalue weighted by molar-refractivity contribution is 14.1. The van der Waals surface area contributed by atoms with Crippen LogP contribution in [0.25, 0.3) is 0 Å². The Kier molecular flexibility index (Phi) is 5.54. The first-order valence-electron chi connectivity index (χ1n) is 5.03. The highest BCUT2D eigenvalue weighted by atomic mass is 127. The van der Waals surface area contributed by atoms with Crippen LogP contribution in [0.1, 0.15) is 19.8 Å². The van der Waals surface area contributed by atoms with E-state index in [1.165, 1.54) is 3.57 Å². The molecule has 1 rings (SSSR count). The lowest BCUT2D eigenvalue weighted by Crippen LogP contribution is -2.30. The van der Waals surface area contributed by atoms with Gasteiger partial charge in [0.25, 0.3) is 0 Å². The smallest absolute Gasteiger partial charge is 0.234 e. The molecule has 0 spiro atoms. The molecule has 88 valence electrons. The minimum Gasteiger partial charge on any atom is -0.491 e. The predicted octanol–water partition coefficient (Wildman–Crippen LogP) is 1.83. The van der Waals surface area contributed by atoms with Crippen LogP contribution in [-0.2, 0) is 4.79 Å². The molecule has 16 heavy (non-hydrogen) atoms. The molecule has 0 saturated carbocycles. The second kappa shape index (κ2) is 6.70. The van der Waals surface area contributed by atoms with Crippen molar-refractivity contribution in [3.05, 3.63) is 27.8 Å². The Morgan fingerprint density at radius 3 is 2.69 bits per heavy atom. The Bertz CT molecular complexity index is 340. The number of carbonyl (C=O) groups is 1. The normalized spacial score (nSPS) is 11.9. The van der Waals surface area contributed by atoms with Gasteiger partial charge in [0.15, 0.2) is 0 Å². The van der Waals surface area contributed by atoms with Gasteiger partial charge in [-0.2, -0.15) is 0 Å². The number of benzene rings is 1. The average molecular weight is 334 g/mol. The van der Waals surface area contributed by atoms with Crippen molar-refractivity contribution in [2.24, 2.45) is 5.84 Å². The fraction of sp³-hybridized carbons (Fsp3) is 0.364. The molecule has 0 heterocycles. The Hall–Kier alpha value is -0.820. The van der Waals surface area contributed by atoms with Crippen LogP contribution in [0.5, 0.6) is 5.75 Å². The number of nitrogens with two attached hydrogens (primary N) is 1. The number of carbonyl (C=O) groups excluding carboxylic acids is 1. The second-order valence-electron chi connectivity index (χ2n) is 3.49. The molecule has 1 amide bonds. The predicted molar refractivity (Wildman–Crippen MR) is 70.8 cm³/mol. The van der Waals surface area contributed by atoms with Crippen LogP contribution < -0.4 is 16.0 Å². The highest BCUT2D eigenvalue weighted by Gasteiger charge is 2.07. The molecule has 5 heteroatoms. The standard InChI is InChI=1S/C11H15IN2O2/c1-8(2-7-11(15)14-13)16-10-5-3-9(12)4-6-10/h3-6,8H,2,7,13H2,1H3,(H,14,15). The van der Waals surface area contributed by atoms with Gasteiger partial charge in [0.05, 0.1) is 6.10 Å². The molecule has 3 N–H and O–H groups in total. The zero-order chi connectivity index (χ0) is 12.0. The van der Waals surface area contributed by atoms with Crippen LogP contribution in [-0.4, -0.2) is 12.0 Å². The number of amides is 1. The molecule has 1 unspecified atom stereocenters. The fourth-order valence-electron chi connectivity index (χ4n) is 1.21. The topological polar surface area (TPSA) is 64.4 Å².